The molecule has 1 aromatic carbocycles. The first-order valence-corrected chi connectivity index (χ1v) is 12.4. The molecule has 0 unspecified atom stereocenters. The number of H-pyrrole nitrogens is 2. The Morgan fingerprint density at radius 1 is 1.00 bits per heavy atom. The minimum atomic E-state index is -0.611. The maximum absolute atomic E-state index is 16.0. The molecule has 0 aliphatic rings. The molecular weight excluding hydrogens is 502 g/mol. The Hall–Kier alpha value is -5.06. The molecule has 5 aromatic heterocycles. The fourth-order valence-corrected chi connectivity index (χ4v) is 4.44. The number of aromatic amines is 2. The van der Waals surface area contributed by atoms with Crippen LogP contribution in [0.1, 0.15) is 26.2 Å². The maximum atomic E-state index is 16.0. The number of nitrogens with zero attached hydrogens (tertiary/aromatic N) is 5. The molecule has 0 saturated carbocycles. The summed E-state index contributed by atoms with van der Waals surface area (Å²) in [6.07, 6.45) is 8.17. The summed E-state index contributed by atoms with van der Waals surface area (Å²) < 4.78 is 29.5. The molecule has 0 saturated heterocycles. The lowest BCUT2D eigenvalue weighted by atomic mass is 10.1. The Morgan fingerprint density at radius 3 is 2.67 bits per heavy atom. The van der Waals surface area contributed by atoms with Gasteiger partial charge in [0.2, 0.25) is 5.91 Å². The molecular formula is C28H22F2N8O. The van der Waals surface area contributed by atoms with Gasteiger partial charge >= 0.3 is 0 Å². The van der Waals surface area contributed by atoms with Crippen molar-refractivity contribution in [1.82, 2.24) is 35.1 Å². The Morgan fingerprint density at radius 2 is 1.85 bits per heavy atom. The van der Waals surface area contributed by atoms with Gasteiger partial charge in [-0.05, 0) is 36.2 Å². The molecule has 0 atom stereocenters. The van der Waals surface area contributed by atoms with Crippen LogP contribution >= 0.6 is 0 Å². The van der Waals surface area contributed by atoms with Crippen molar-refractivity contribution >= 4 is 33.7 Å². The zero-order valence-electron chi connectivity index (χ0n) is 20.8. The lowest BCUT2D eigenvalue weighted by molar-refractivity contribution is -0.116. The van der Waals surface area contributed by atoms with Crippen molar-refractivity contribution < 1.29 is 13.6 Å². The smallest absolute Gasteiger partial charge is 0.224 e. The first-order valence-electron chi connectivity index (χ1n) is 12.4. The van der Waals surface area contributed by atoms with Crippen molar-refractivity contribution in [1.29, 1.82) is 0 Å². The second-order valence-electron chi connectivity index (χ2n) is 9.05. The SMILES string of the molecule is CCCCC(=O)Nc1cncc(-c2ncc3[nH]nc(-c4nc5nccc(-c6ccc(F)cc6)c5[nH]4)c3c2F)c1. The number of rotatable bonds is 7. The predicted octanol–water partition coefficient (Wildman–Crippen LogP) is 6.03. The van der Waals surface area contributed by atoms with E-state index in [1.165, 1.54) is 30.7 Å². The molecule has 5 heterocycles. The summed E-state index contributed by atoms with van der Waals surface area (Å²) in [6.45, 7) is 2.01. The Bertz CT molecular complexity index is 1830. The van der Waals surface area contributed by atoms with Crippen molar-refractivity contribution in [2.24, 2.45) is 0 Å². The molecule has 194 valence electrons. The largest absolute Gasteiger partial charge is 0.335 e. The van der Waals surface area contributed by atoms with E-state index in [2.05, 4.69) is 40.4 Å². The van der Waals surface area contributed by atoms with Crippen molar-refractivity contribution in [3.05, 3.63) is 72.8 Å². The second kappa shape index (κ2) is 10.0. The molecule has 9 nitrogen and oxygen atoms in total. The van der Waals surface area contributed by atoms with Crippen LogP contribution in [0.25, 0.3) is 56.0 Å². The highest BCUT2D eigenvalue weighted by Crippen LogP contribution is 2.34. The van der Waals surface area contributed by atoms with Gasteiger partial charge in [0.1, 0.15) is 17.2 Å². The van der Waals surface area contributed by atoms with E-state index in [0.717, 1.165) is 24.0 Å². The minimum Gasteiger partial charge on any atom is -0.335 e. The normalized spacial score (nSPS) is 11.4. The number of anilines is 1. The third-order valence-corrected chi connectivity index (χ3v) is 6.37. The van der Waals surface area contributed by atoms with Gasteiger partial charge in [0.05, 0.1) is 34.5 Å². The molecule has 11 heteroatoms. The van der Waals surface area contributed by atoms with Crippen LogP contribution in [0.2, 0.25) is 0 Å². The highest BCUT2D eigenvalue weighted by Gasteiger charge is 2.21. The zero-order valence-corrected chi connectivity index (χ0v) is 20.8. The van der Waals surface area contributed by atoms with E-state index in [4.69, 9.17) is 0 Å². The van der Waals surface area contributed by atoms with Crippen LogP contribution in [0.4, 0.5) is 14.5 Å². The number of halogens is 2. The van der Waals surface area contributed by atoms with Crippen molar-refractivity contribution in [2.45, 2.75) is 26.2 Å². The van der Waals surface area contributed by atoms with Gasteiger partial charge < -0.3 is 10.3 Å². The van der Waals surface area contributed by atoms with E-state index < -0.39 is 5.82 Å². The molecule has 0 fully saturated rings. The number of fused-ring (bicyclic) bond motifs is 2. The highest BCUT2D eigenvalue weighted by molar-refractivity contribution is 5.97. The number of carbonyl (C=O) groups excluding carboxylic acids is 1. The molecule has 0 bridgehead atoms. The van der Waals surface area contributed by atoms with Crippen LogP contribution in [0.15, 0.2) is 61.2 Å². The number of benzene rings is 1. The summed E-state index contributed by atoms with van der Waals surface area (Å²) >= 11 is 0. The number of unbranched alkanes of at least 4 members (excludes halogenated alkanes) is 1. The van der Waals surface area contributed by atoms with E-state index in [-0.39, 0.29) is 28.5 Å². The molecule has 6 aromatic rings. The third-order valence-electron chi connectivity index (χ3n) is 6.37. The Balaban J connectivity index is 1.41. The van der Waals surface area contributed by atoms with Gasteiger partial charge in [0.25, 0.3) is 0 Å². The van der Waals surface area contributed by atoms with Crippen LogP contribution in [0.3, 0.4) is 0 Å². The summed E-state index contributed by atoms with van der Waals surface area (Å²) in [4.78, 5) is 32.7. The highest BCUT2D eigenvalue weighted by atomic mass is 19.1. The van der Waals surface area contributed by atoms with E-state index in [9.17, 15) is 9.18 Å². The topological polar surface area (TPSA) is 125 Å². The lowest BCUT2D eigenvalue weighted by Crippen LogP contribution is -2.11. The van der Waals surface area contributed by atoms with Gasteiger partial charge in [-0.2, -0.15) is 5.10 Å². The summed E-state index contributed by atoms with van der Waals surface area (Å²) in [7, 11) is 0. The van der Waals surface area contributed by atoms with E-state index in [1.54, 1.807) is 30.5 Å². The van der Waals surface area contributed by atoms with Crippen LogP contribution in [-0.2, 0) is 4.79 Å². The standard InChI is InChI=1S/C28H22F2N8O/c1-2-3-4-21(39)34-18-11-16(12-31-13-18)24-23(30)22-20(14-33-24)37-38-26(22)28-35-25-19(9-10-32-27(25)36-28)15-5-7-17(29)8-6-15/h5-14H,2-4H2,1H3,(H,34,39)(H,37,38)(H,32,35,36). The number of nitrogens with one attached hydrogen (secondary N) is 3. The predicted molar refractivity (Wildman–Crippen MR) is 144 cm³/mol. The van der Waals surface area contributed by atoms with Crippen LogP contribution in [0.5, 0.6) is 0 Å². The summed E-state index contributed by atoms with van der Waals surface area (Å²) in [6, 6.07) is 9.52. The van der Waals surface area contributed by atoms with Crippen molar-refractivity contribution in [2.75, 3.05) is 5.32 Å². The maximum Gasteiger partial charge on any atom is 0.224 e. The van der Waals surface area contributed by atoms with E-state index in [1.807, 2.05) is 6.92 Å². The van der Waals surface area contributed by atoms with Gasteiger partial charge in [-0.15, -0.1) is 0 Å². The minimum absolute atomic E-state index is 0.0588. The van der Waals surface area contributed by atoms with E-state index in [0.29, 0.717) is 40.2 Å². The molecule has 0 radical (unpaired) electrons. The zero-order chi connectivity index (χ0) is 26.9. The van der Waals surface area contributed by atoms with Gasteiger partial charge in [-0.3, -0.25) is 19.9 Å². The van der Waals surface area contributed by atoms with Gasteiger partial charge in [0.15, 0.2) is 17.3 Å². The molecule has 1 amide bonds. The molecule has 0 aliphatic heterocycles. The third kappa shape index (κ3) is 4.58. The summed E-state index contributed by atoms with van der Waals surface area (Å²) in [5.74, 6) is -0.767. The Kier molecular flexibility index (Phi) is 6.23. The average molecular weight is 525 g/mol. The Labute approximate surface area is 220 Å². The number of aromatic nitrogens is 7. The average Bonchev–Trinajstić information content (AvgIpc) is 3.57. The first-order chi connectivity index (χ1) is 19.0. The number of hydrogen-bond acceptors (Lipinski definition) is 6. The molecule has 0 spiro atoms. The molecule has 6 rings (SSSR count). The lowest BCUT2D eigenvalue weighted by Gasteiger charge is -2.08. The second-order valence-corrected chi connectivity index (χ2v) is 9.05. The molecule has 0 aliphatic carbocycles. The van der Waals surface area contributed by atoms with Crippen LogP contribution in [-0.4, -0.2) is 41.0 Å². The van der Waals surface area contributed by atoms with Crippen LogP contribution < -0.4 is 5.32 Å². The van der Waals surface area contributed by atoms with Crippen LogP contribution in [0, 0.1) is 11.6 Å². The van der Waals surface area contributed by atoms with Crippen molar-refractivity contribution in [3.8, 4) is 33.9 Å². The monoisotopic (exact) mass is 524 g/mol. The first kappa shape index (κ1) is 24.3. The summed E-state index contributed by atoms with van der Waals surface area (Å²) in [5.41, 5.74) is 4.13. The number of carbonyl (C=O) groups is 1. The number of pyridine rings is 3. The molecule has 3 N–H and O–H groups in total. The number of imidazole rings is 1. The number of amides is 1. The molecule has 39 heavy (non-hydrogen) atoms. The van der Waals surface area contributed by atoms with Gasteiger partial charge in [0, 0.05) is 29.9 Å². The summed E-state index contributed by atoms with van der Waals surface area (Å²) in [5, 5.41) is 10.1. The fourth-order valence-electron chi connectivity index (χ4n) is 4.44. The number of hydrogen-bond donors (Lipinski definition) is 3. The van der Waals surface area contributed by atoms with E-state index >= 15 is 4.39 Å². The van der Waals surface area contributed by atoms with Gasteiger partial charge in [-0.1, -0.05) is 25.5 Å². The fraction of sp³-hybridized carbons (Fsp3) is 0.143. The van der Waals surface area contributed by atoms with Gasteiger partial charge in [-0.25, -0.2) is 18.7 Å². The quantitative estimate of drug-likeness (QED) is 0.234. The van der Waals surface area contributed by atoms with Crippen molar-refractivity contribution in [3.63, 3.8) is 0 Å².